The van der Waals surface area contributed by atoms with Crippen LogP contribution in [0.5, 0.6) is 5.75 Å². The number of fused-ring (bicyclic) bond motifs is 1. The predicted octanol–water partition coefficient (Wildman–Crippen LogP) is 1.62. The van der Waals surface area contributed by atoms with Gasteiger partial charge in [-0.2, -0.15) is 0 Å². The molecule has 2 fully saturated rings. The van der Waals surface area contributed by atoms with Crippen LogP contribution in [0.2, 0.25) is 0 Å². The van der Waals surface area contributed by atoms with Gasteiger partial charge in [-0.3, -0.25) is 9.30 Å². The maximum atomic E-state index is 6.22. The second kappa shape index (κ2) is 6.79. The summed E-state index contributed by atoms with van der Waals surface area (Å²) in [5, 5.41) is 0. The Morgan fingerprint density at radius 1 is 1.11 bits per heavy atom. The number of hydrogen-bond donors (Lipinski definition) is 1. The predicted molar refractivity (Wildman–Crippen MR) is 100 cm³/mol. The van der Waals surface area contributed by atoms with E-state index in [9.17, 15) is 0 Å². The van der Waals surface area contributed by atoms with Crippen LogP contribution in [-0.4, -0.2) is 62.7 Å². The van der Waals surface area contributed by atoms with E-state index >= 15 is 0 Å². The van der Waals surface area contributed by atoms with Crippen molar-refractivity contribution in [1.82, 2.24) is 24.3 Å². The Morgan fingerprint density at radius 3 is 2.70 bits per heavy atom. The minimum atomic E-state index is 0.251. The van der Waals surface area contributed by atoms with E-state index in [4.69, 9.17) is 15.2 Å². The van der Waals surface area contributed by atoms with Gasteiger partial charge in [-0.15, -0.1) is 0 Å². The molecule has 0 bridgehead atoms. The molecular formula is C19H22N6O2. The number of ether oxygens (including phenoxy) is 2. The number of nitrogen functional groups attached to an aromatic ring is 1. The number of nitrogens with two attached hydrogens (primary N) is 1. The molecule has 8 heteroatoms. The van der Waals surface area contributed by atoms with Crippen LogP contribution in [-0.2, 0) is 4.74 Å². The van der Waals surface area contributed by atoms with Crippen molar-refractivity contribution in [3.8, 4) is 17.1 Å². The van der Waals surface area contributed by atoms with Crippen LogP contribution in [0.25, 0.3) is 17.0 Å². The number of anilines is 1. The highest BCUT2D eigenvalue weighted by Gasteiger charge is 2.30. The number of rotatable bonds is 4. The summed E-state index contributed by atoms with van der Waals surface area (Å²) in [5.41, 5.74) is 8.21. The first-order valence-corrected chi connectivity index (χ1v) is 9.30. The maximum Gasteiger partial charge on any atom is 0.140 e. The zero-order valence-electron chi connectivity index (χ0n) is 15.0. The maximum absolute atomic E-state index is 6.22. The number of hydrogen-bond acceptors (Lipinski definition) is 7. The Kier molecular flexibility index (Phi) is 4.14. The van der Waals surface area contributed by atoms with Gasteiger partial charge in [0.2, 0.25) is 0 Å². The van der Waals surface area contributed by atoms with Gasteiger partial charge in [0.15, 0.2) is 0 Å². The van der Waals surface area contributed by atoms with Gasteiger partial charge in [-0.1, -0.05) is 0 Å². The molecule has 0 aliphatic carbocycles. The van der Waals surface area contributed by atoms with Crippen molar-refractivity contribution in [2.75, 3.05) is 32.0 Å². The van der Waals surface area contributed by atoms with Crippen LogP contribution in [0.1, 0.15) is 12.8 Å². The molecule has 3 aromatic heterocycles. The summed E-state index contributed by atoms with van der Waals surface area (Å²) in [6.45, 7) is 3.90. The molecule has 8 nitrogen and oxygen atoms in total. The average molecular weight is 366 g/mol. The lowest BCUT2D eigenvalue weighted by Crippen LogP contribution is -2.52. The Hall–Kier alpha value is -2.71. The van der Waals surface area contributed by atoms with Crippen molar-refractivity contribution in [3.05, 3.63) is 36.9 Å². The molecule has 5 heterocycles. The smallest absolute Gasteiger partial charge is 0.140 e. The van der Waals surface area contributed by atoms with Crippen LogP contribution in [0.4, 0.5) is 5.82 Å². The van der Waals surface area contributed by atoms with E-state index in [-0.39, 0.29) is 6.10 Å². The molecule has 0 atom stereocenters. The van der Waals surface area contributed by atoms with Gasteiger partial charge >= 0.3 is 0 Å². The third-order valence-corrected chi connectivity index (χ3v) is 5.35. The minimum absolute atomic E-state index is 0.251. The van der Waals surface area contributed by atoms with Gasteiger partial charge in [-0.25, -0.2) is 15.0 Å². The number of nitrogens with zero attached hydrogens (tertiary/aromatic N) is 5. The highest BCUT2D eigenvalue weighted by Crippen LogP contribution is 2.25. The molecule has 0 amide bonds. The Morgan fingerprint density at radius 2 is 1.96 bits per heavy atom. The first-order chi connectivity index (χ1) is 13.3. The van der Waals surface area contributed by atoms with E-state index in [1.165, 1.54) is 6.33 Å². The van der Waals surface area contributed by atoms with Gasteiger partial charge in [0.05, 0.1) is 36.8 Å². The van der Waals surface area contributed by atoms with Crippen molar-refractivity contribution in [3.63, 3.8) is 0 Å². The van der Waals surface area contributed by atoms with Crippen LogP contribution in [0, 0.1) is 0 Å². The van der Waals surface area contributed by atoms with E-state index < -0.39 is 0 Å². The quantitative estimate of drug-likeness (QED) is 0.750. The summed E-state index contributed by atoms with van der Waals surface area (Å²) in [6.07, 6.45) is 7.56. The summed E-state index contributed by atoms with van der Waals surface area (Å²) >= 11 is 0. The van der Waals surface area contributed by atoms with Crippen molar-refractivity contribution < 1.29 is 9.47 Å². The van der Waals surface area contributed by atoms with E-state index in [1.807, 2.05) is 22.7 Å². The molecule has 0 saturated carbocycles. The highest BCUT2D eigenvalue weighted by molar-refractivity contribution is 5.62. The fraction of sp³-hybridized carbons (Fsp3) is 0.421. The van der Waals surface area contributed by atoms with Crippen molar-refractivity contribution in [2.24, 2.45) is 0 Å². The molecule has 2 aliphatic heterocycles. The van der Waals surface area contributed by atoms with Crippen LogP contribution in [0.15, 0.2) is 36.9 Å². The molecule has 0 unspecified atom stereocenters. The zero-order valence-corrected chi connectivity index (χ0v) is 15.0. The summed E-state index contributed by atoms with van der Waals surface area (Å²) in [6, 6.07) is 6.31. The minimum Gasteiger partial charge on any atom is -0.490 e. The Bertz CT molecular complexity index is 946. The van der Waals surface area contributed by atoms with Gasteiger partial charge < -0.3 is 15.2 Å². The van der Waals surface area contributed by atoms with Gasteiger partial charge in [0.1, 0.15) is 29.6 Å². The third-order valence-electron chi connectivity index (χ3n) is 5.35. The summed E-state index contributed by atoms with van der Waals surface area (Å²) in [5.74, 6) is 1.29. The third kappa shape index (κ3) is 3.22. The van der Waals surface area contributed by atoms with Crippen molar-refractivity contribution in [1.29, 1.82) is 0 Å². The Balaban J connectivity index is 1.29. The normalized spacial score (nSPS) is 19.3. The van der Waals surface area contributed by atoms with E-state index in [2.05, 4.69) is 19.9 Å². The molecule has 2 saturated heterocycles. The fourth-order valence-electron chi connectivity index (χ4n) is 3.72. The van der Waals surface area contributed by atoms with Crippen LogP contribution >= 0.6 is 0 Å². The monoisotopic (exact) mass is 366 g/mol. The van der Waals surface area contributed by atoms with E-state index in [0.29, 0.717) is 11.9 Å². The second-order valence-corrected chi connectivity index (χ2v) is 7.11. The lowest BCUT2D eigenvalue weighted by Gasteiger charge is -2.41. The molecule has 27 heavy (non-hydrogen) atoms. The summed E-state index contributed by atoms with van der Waals surface area (Å²) in [7, 11) is 0. The standard InChI is InChI=1S/C19H22N6O2/c20-18-8-16(22-12-23-18)17-9-21-19-7-15(3-6-25(17)19)27-14-1-4-24(5-2-14)13-10-26-11-13/h3,6-9,12-14H,1-2,4-5,10-11H2,(H2,20,22,23). The molecule has 140 valence electrons. The van der Waals surface area contributed by atoms with Crippen LogP contribution in [0.3, 0.4) is 0 Å². The molecule has 0 aromatic carbocycles. The Labute approximate surface area is 157 Å². The van der Waals surface area contributed by atoms with Gasteiger partial charge in [-0.05, 0) is 18.9 Å². The molecule has 2 N–H and O–H groups in total. The number of likely N-dealkylation sites (tertiary alicyclic amines) is 1. The molecular weight excluding hydrogens is 344 g/mol. The number of imidazole rings is 1. The first kappa shape index (κ1) is 16.5. The molecule has 0 radical (unpaired) electrons. The molecule has 5 rings (SSSR count). The van der Waals surface area contributed by atoms with Gasteiger partial charge in [0.25, 0.3) is 0 Å². The summed E-state index contributed by atoms with van der Waals surface area (Å²) in [4.78, 5) is 15.2. The van der Waals surface area contributed by atoms with Crippen molar-refractivity contribution in [2.45, 2.75) is 25.0 Å². The molecule has 0 spiro atoms. The SMILES string of the molecule is Nc1cc(-c2cnc3cc(OC4CCN(C5COC5)CC4)ccn23)ncn1. The number of aromatic nitrogens is 4. The number of piperidine rings is 1. The lowest BCUT2D eigenvalue weighted by atomic mass is 10.0. The zero-order chi connectivity index (χ0) is 18.2. The largest absolute Gasteiger partial charge is 0.490 e. The second-order valence-electron chi connectivity index (χ2n) is 7.11. The van der Waals surface area contributed by atoms with Crippen molar-refractivity contribution >= 4 is 11.5 Å². The van der Waals surface area contributed by atoms with Crippen LogP contribution < -0.4 is 10.5 Å². The number of pyridine rings is 1. The fourth-order valence-corrected chi connectivity index (χ4v) is 3.72. The summed E-state index contributed by atoms with van der Waals surface area (Å²) < 4.78 is 13.5. The lowest BCUT2D eigenvalue weighted by molar-refractivity contribution is -0.0778. The topological polar surface area (TPSA) is 90.8 Å². The van der Waals surface area contributed by atoms with E-state index in [0.717, 1.165) is 61.9 Å². The van der Waals surface area contributed by atoms with Gasteiger partial charge in [0, 0.05) is 31.4 Å². The highest BCUT2D eigenvalue weighted by atomic mass is 16.5. The molecule has 3 aromatic rings. The first-order valence-electron chi connectivity index (χ1n) is 9.30. The average Bonchev–Trinajstić information content (AvgIpc) is 3.05. The van der Waals surface area contributed by atoms with E-state index in [1.54, 1.807) is 12.3 Å². The molecule has 2 aliphatic rings.